The fourth-order valence-corrected chi connectivity index (χ4v) is 2.95. The largest absolute Gasteiger partial charge is 0.497 e. The Kier molecular flexibility index (Phi) is 6.07. The van der Waals surface area contributed by atoms with Crippen molar-refractivity contribution in [1.82, 2.24) is 5.48 Å². The van der Waals surface area contributed by atoms with Crippen molar-refractivity contribution in [3.8, 4) is 5.75 Å². The molecule has 3 aromatic rings. The number of amides is 1. The van der Waals surface area contributed by atoms with Crippen LogP contribution in [0.3, 0.4) is 0 Å². The maximum absolute atomic E-state index is 12.2. The number of nitrogens with one attached hydrogen (secondary N) is 2. The van der Waals surface area contributed by atoms with Gasteiger partial charge in [0.05, 0.1) is 13.0 Å². The molecule has 3 rings (SSSR count). The van der Waals surface area contributed by atoms with Gasteiger partial charge in [-0.1, -0.05) is 54.6 Å². The molecule has 0 radical (unpaired) electrons. The number of benzene rings is 3. The van der Waals surface area contributed by atoms with Gasteiger partial charge in [0, 0.05) is 12.2 Å². The Hall–Kier alpha value is -3.31. The van der Waals surface area contributed by atoms with Gasteiger partial charge in [0.1, 0.15) is 5.75 Å². The van der Waals surface area contributed by atoms with Crippen LogP contribution < -0.4 is 15.5 Å². The molecule has 138 valence electrons. The third-order valence-electron chi connectivity index (χ3n) is 4.40. The Morgan fingerprint density at radius 1 is 0.926 bits per heavy atom. The van der Waals surface area contributed by atoms with E-state index in [1.807, 2.05) is 78.9 Å². The minimum absolute atomic E-state index is 0.458. The molecule has 0 aliphatic carbocycles. The lowest BCUT2D eigenvalue weighted by atomic mass is 9.90. The van der Waals surface area contributed by atoms with Crippen LogP contribution in [0.4, 0.5) is 5.69 Å². The Morgan fingerprint density at radius 3 is 2.15 bits per heavy atom. The monoisotopic (exact) mass is 362 g/mol. The van der Waals surface area contributed by atoms with Crippen LogP contribution in [-0.4, -0.2) is 18.2 Å². The first-order chi connectivity index (χ1) is 13.2. The number of methoxy groups -OCH3 is 1. The maximum Gasteiger partial charge on any atom is 0.255 e. The van der Waals surface area contributed by atoms with Crippen molar-refractivity contribution in [1.29, 1.82) is 0 Å². The smallest absolute Gasteiger partial charge is 0.255 e. The van der Waals surface area contributed by atoms with E-state index >= 15 is 0 Å². The summed E-state index contributed by atoms with van der Waals surface area (Å²) < 4.78 is 5.16. The zero-order valence-electron chi connectivity index (χ0n) is 15.1. The van der Waals surface area contributed by atoms with E-state index in [1.165, 1.54) is 0 Å². The second-order valence-corrected chi connectivity index (χ2v) is 6.14. The van der Waals surface area contributed by atoms with Crippen molar-refractivity contribution >= 4 is 11.6 Å². The van der Waals surface area contributed by atoms with Crippen LogP contribution in [0.15, 0.2) is 78.9 Å². The van der Waals surface area contributed by atoms with E-state index in [9.17, 15) is 4.79 Å². The summed E-state index contributed by atoms with van der Waals surface area (Å²) in [5.41, 5.74) is 5.49. The lowest BCUT2D eigenvalue weighted by molar-refractivity contribution is -0.129. The summed E-state index contributed by atoms with van der Waals surface area (Å²) >= 11 is 0. The molecule has 5 heteroatoms. The van der Waals surface area contributed by atoms with Crippen LogP contribution in [0.1, 0.15) is 22.6 Å². The normalized spacial score (nSPS) is 11.5. The molecule has 0 saturated carbocycles. The average molecular weight is 362 g/mol. The van der Waals surface area contributed by atoms with E-state index in [0.29, 0.717) is 6.54 Å². The van der Waals surface area contributed by atoms with Crippen molar-refractivity contribution in [2.45, 2.75) is 12.5 Å². The summed E-state index contributed by atoms with van der Waals surface area (Å²) in [7, 11) is 1.65. The Bertz CT molecular complexity index is 862. The Labute approximate surface area is 158 Å². The number of rotatable bonds is 7. The van der Waals surface area contributed by atoms with Crippen LogP contribution >= 0.6 is 0 Å². The first-order valence-corrected chi connectivity index (χ1v) is 8.67. The summed E-state index contributed by atoms with van der Waals surface area (Å²) in [5, 5.41) is 12.5. The van der Waals surface area contributed by atoms with Crippen LogP contribution in [0.25, 0.3) is 0 Å². The molecule has 5 nitrogen and oxygen atoms in total. The van der Waals surface area contributed by atoms with Gasteiger partial charge in [0.25, 0.3) is 5.91 Å². The number of carbonyl (C=O) groups excluding carboxylic acids is 1. The van der Waals surface area contributed by atoms with Crippen molar-refractivity contribution in [2.75, 3.05) is 12.4 Å². The van der Waals surface area contributed by atoms with Gasteiger partial charge in [0.15, 0.2) is 0 Å². The van der Waals surface area contributed by atoms with Crippen LogP contribution in [0.5, 0.6) is 5.75 Å². The van der Waals surface area contributed by atoms with Crippen molar-refractivity contribution in [3.05, 3.63) is 95.6 Å². The molecular formula is C22H22N2O3. The zero-order valence-corrected chi connectivity index (χ0v) is 15.1. The number of carbonyl (C=O) groups is 1. The predicted molar refractivity (Wildman–Crippen MR) is 105 cm³/mol. The summed E-state index contributed by atoms with van der Waals surface area (Å²) in [4.78, 5) is 12.2. The number of anilines is 1. The SMILES string of the molecule is COc1ccc(CNc2ccc(C(C(=O)NO)c3ccccc3)cc2)cc1. The van der Waals surface area contributed by atoms with Crippen LogP contribution in [-0.2, 0) is 11.3 Å². The van der Waals surface area contributed by atoms with Gasteiger partial charge in [-0.2, -0.15) is 0 Å². The fraction of sp³-hybridized carbons (Fsp3) is 0.136. The van der Waals surface area contributed by atoms with E-state index in [4.69, 9.17) is 9.94 Å². The lowest BCUT2D eigenvalue weighted by Crippen LogP contribution is -2.27. The maximum atomic E-state index is 12.2. The molecule has 3 aromatic carbocycles. The second kappa shape index (κ2) is 8.87. The number of ether oxygens (including phenoxy) is 1. The number of hydrogen-bond donors (Lipinski definition) is 3. The third-order valence-corrected chi connectivity index (χ3v) is 4.40. The minimum Gasteiger partial charge on any atom is -0.497 e. The fourth-order valence-electron chi connectivity index (χ4n) is 2.95. The molecule has 1 unspecified atom stereocenters. The quantitative estimate of drug-likeness (QED) is 0.440. The van der Waals surface area contributed by atoms with E-state index < -0.39 is 11.8 Å². The Morgan fingerprint density at radius 2 is 1.56 bits per heavy atom. The third kappa shape index (κ3) is 4.65. The van der Waals surface area contributed by atoms with Crippen molar-refractivity contribution < 1.29 is 14.7 Å². The summed E-state index contributed by atoms with van der Waals surface area (Å²) in [5.74, 6) is -0.191. The molecule has 0 aromatic heterocycles. The van der Waals surface area contributed by atoms with Gasteiger partial charge in [-0.05, 0) is 41.0 Å². The van der Waals surface area contributed by atoms with Crippen molar-refractivity contribution in [3.63, 3.8) is 0 Å². The highest BCUT2D eigenvalue weighted by molar-refractivity contribution is 5.86. The first-order valence-electron chi connectivity index (χ1n) is 8.67. The molecule has 0 spiro atoms. The van der Waals surface area contributed by atoms with E-state index in [-0.39, 0.29) is 0 Å². The average Bonchev–Trinajstić information content (AvgIpc) is 2.74. The topological polar surface area (TPSA) is 70.6 Å². The predicted octanol–water partition coefficient (Wildman–Crippen LogP) is 3.94. The molecule has 0 bridgehead atoms. The Balaban J connectivity index is 1.71. The summed E-state index contributed by atoms with van der Waals surface area (Å²) in [6.45, 7) is 0.683. The second-order valence-electron chi connectivity index (χ2n) is 6.14. The molecule has 0 aliphatic rings. The molecule has 0 saturated heterocycles. The molecule has 0 fully saturated rings. The van der Waals surface area contributed by atoms with Crippen LogP contribution in [0, 0.1) is 0 Å². The number of hydrogen-bond acceptors (Lipinski definition) is 4. The lowest BCUT2D eigenvalue weighted by Gasteiger charge is -2.16. The van der Waals surface area contributed by atoms with Gasteiger partial charge in [-0.25, -0.2) is 5.48 Å². The molecule has 3 N–H and O–H groups in total. The molecule has 0 aliphatic heterocycles. The van der Waals surface area contributed by atoms with Crippen molar-refractivity contribution in [2.24, 2.45) is 0 Å². The van der Waals surface area contributed by atoms with E-state index in [1.54, 1.807) is 12.6 Å². The molecule has 1 atom stereocenters. The van der Waals surface area contributed by atoms with Gasteiger partial charge in [-0.3, -0.25) is 10.0 Å². The van der Waals surface area contributed by atoms with E-state index in [0.717, 1.165) is 28.1 Å². The molecule has 0 heterocycles. The highest BCUT2D eigenvalue weighted by atomic mass is 16.5. The summed E-state index contributed by atoms with van der Waals surface area (Å²) in [6.07, 6.45) is 0. The first kappa shape index (κ1) is 18.5. The van der Waals surface area contributed by atoms with Crippen LogP contribution in [0.2, 0.25) is 0 Å². The molecule has 27 heavy (non-hydrogen) atoms. The standard InChI is InChI=1S/C22H22N2O3/c1-27-20-13-7-16(8-14-20)15-23-19-11-9-18(10-12-19)21(22(25)24-26)17-5-3-2-4-6-17/h2-14,21,23,26H,15H2,1H3,(H,24,25). The van der Waals surface area contributed by atoms with E-state index in [2.05, 4.69) is 5.32 Å². The van der Waals surface area contributed by atoms with Gasteiger partial charge < -0.3 is 10.1 Å². The summed E-state index contributed by atoms with van der Waals surface area (Å²) in [6, 6.07) is 24.9. The number of hydroxylamine groups is 1. The van der Waals surface area contributed by atoms with Gasteiger partial charge >= 0.3 is 0 Å². The highest BCUT2D eigenvalue weighted by Gasteiger charge is 2.22. The van der Waals surface area contributed by atoms with Gasteiger partial charge in [0.2, 0.25) is 0 Å². The zero-order chi connectivity index (χ0) is 19.1. The minimum atomic E-state index is -0.563. The van der Waals surface area contributed by atoms with Gasteiger partial charge in [-0.15, -0.1) is 0 Å². The molecule has 1 amide bonds. The molecular weight excluding hydrogens is 340 g/mol. The highest BCUT2D eigenvalue weighted by Crippen LogP contribution is 2.26.